The molecule has 4 heteroatoms. The van der Waals surface area contributed by atoms with Crippen LogP contribution in [0.3, 0.4) is 0 Å². The lowest BCUT2D eigenvalue weighted by atomic mass is 10.1. The van der Waals surface area contributed by atoms with Gasteiger partial charge >= 0.3 is 0 Å². The topological polar surface area (TPSA) is 46.3 Å². The summed E-state index contributed by atoms with van der Waals surface area (Å²) >= 11 is 3.31. The molecule has 1 rings (SSSR count). The van der Waals surface area contributed by atoms with Gasteiger partial charge in [-0.1, -0.05) is 28.1 Å². The number of carbonyl (C=O) groups is 1. The van der Waals surface area contributed by atoms with Gasteiger partial charge in [-0.15, -0.1) is 0 Å². The molecule has 0 unspecified atom stereocenters. The van der Waals surface area contributed by atoms with Gasteiger partial charge in [0.05, 0.1) is 0 Å². The molecule has 0 saturated heterocycles. The maximum atomic E-state index is 12.0. The third-order valence-electron chi connectivity index (χ3n) is 2.02. The fourth-order valence-corrected chi connectivity index (χ4v) is 1.94. The van der Waals surface area contributed by atoms with Gasteiger partial charge in [-0.3, -0.25) is 4.79 Å². The number of carbonyl (C=O) groups excluding carboxylic acids is 1. The zero-order chi connectivity index (χ0) is 12.3. The fourth-order valence-electron chi connectivity index (χ4n) is 1.43. The van der Waals surface area contributed by atoms with Crippen molar-refractivity contribution in [3.05, 3.63) is 40.4 Å². The molecule has 0 heterocycles. The van der Waals surface area contributed by atoms with Gasteiger partial charge in [0, 0.05) is 29.3 Å². The number of amides is 1. The lowest BCUT2D eigenvalue weighted by Crippen LogP contribution is -2.28. The Labute approximate surface area is 104 Å². The minimum absolute atomic E-state index is 0.0593. The van der Waals surface area contributed by atoms with Gasteiger partial charge in [-0.2, -0.15) is 0 Å². The van der Waals surface area contributed by atoms with Crippen molar-refractivity contribution in [3.63, 3.8) is 0 Å². The Hall–Kier alpha value is -1.29. The highest BCUT2D eigenvalue weighted by Gasteiger charge is 2.12. The van der Waals surface area contributed by atoms with Gasteiger partial charge in [0.2, 0.25) is 0 Å². The SMILES string of the molecule is C=C(C)CN(C)C(=O)c1cc(N)cc(Br)c1. The third-order valence-corrected chi connectivity index (χ3v) is 2.48. The van der Waals surface area contributed by atoms with E-state index in [2.05, 4.69) is 22.5 Å². The molecular formula is C12H15BrN2O. The number of nitrogens with zero attached hydrogens (tertiary/aromatic N) is 1. The van der Waals surface area contributed by atoms with E-state index in [1.807, 2.05) is 6.92 Å². The van der Waals surface area contributed by atoms with E-state index >= 15 is 0 Å². The molecule has 0 bridgehead atoms. The second kappa shape index (κ2) is 5.16. The number of nitrogen functional groups attached to an aromatic ring is 1. The number of hydrogen-bond acceptors (Lipinski definition) is 2. The van der Waals surface area contributed by atoms with E-state index < -0.39 is 0 Å². The summed E-state index contributed by atoms with van der Waals surface area (Å²) in [6.07, 6.45) is 0. The molecule has 0 aliphatic rings. The Balaban J connectivity index is 2.91. The Morgan fingerprint density at radius 1 is 1.50 bits per heavy atom. The molecule has 0 aromatic heterocycles. The molecule has 86 valence electrons. The quantitative estimate of drug-likeness (QED) is 0.684. The molecule has 1 aromatic carbocycles. The maximum absolute atomic E-state index is 12.0. The number of benzene rings is 1. The highest BCUT2D eigenvalue weighted by Crippen LogP contribution is 2.18. The summed E-state index contributed by atoms with van der Waals surface area (Å²) < 4.78 is 0.805. The molecule has 0 saturated carbocycles. The number of rotatable bonds is 3. The Morgan fingerprint density at radius 2 is 2.12 bits per heavy atom. The van der Waals surface area contributed by atoms with Crippen LogP contribution in [0.2, 0.25) is 0 Å². The van der Waals surface area contributed by atoms with E-state index in [1.54, 1.807) is 30.1 Å². The Bertz CT molecular complexity index is 409. The Morgan fingerprint density at radius 3 is 2.62 bits per heavy atom. The minimum atomic E-state index is -0.0593. The van der Waals surface area contributed by atoms with Crippen LogP contribution in [-0.2, 0) is 0 Å². The van der Waals surface area contributed by atoms with Crippen molar-refractivity contribution in [1.29, 1.82) is 0 Å². The minimum Gasteiger partial charge on any atom is -0.399 e. The summed E-state index contributed by atoms with van der Waals surface area (Å²) in [4.78, 5) is 13.6. The largest absolute Gasteiger partial charge is 0.399 e. The van der Waals surface area contributed by atoms with Gasteiger partial charge in [-0.25, -0.2) is 0 Å². The van der Waals surface area contributed by atoms with Gasteiger partial charge < -0.3 is 10.6 Å². The van der Waals surface area contributed by atoms with Crippen molar-refractivity contribution in [2.75, 3.05) is 19.3 Å². The number of hydrogen-bond donors (Lipinski definition) is 1. The van der Waals surface area contributed by atoms with Gasteiger partial charge in [0.15, 0.2) is 0 Å². The average Bonchev–Trinajstić information content (AvgIpc) is 2.13. The third kappa shape index (κ3) is 3.38. The van der Waals surface area contributed by atoms with E-state index in [4.69, 9.17) is 5.73 Å². The van der Waals surface area contributed by atoms with E-state index in [0.717, 1.165) is 10.0 Å². The van der Waals surface area contributed by atoms with Crippen LogP contribution in [0.5, 0.6) is 0 Å². The lowest BCUT2D eigenvalue weighted by molar-refractivity contribution is 0.0807. The molecule has 16 heavy (non-hydrogen) atoms. The molecule has 0 radical (unpaired) electrons. The standard InChI is InChI=1S/C12H15BrN2O/c1-8(2)7-15(3)12(16)9-4-10(13)6-11(14)5-9/h4-6H,1,7,14H2,2-3H3. The van der Waals surface area contributed by atoms with Crippen molar-refractivity contribution >= 4 is 27.5 Å². The summed E-state index contributed by atoms with van der Waals surface area (Å²) in [7, 11) is 1.74. The highest BCUT2D eigenvalue weighted by molar-refractivity contribution is 9.10. The average molecular weight is 283 g/mol. The molecule has 1 amide bonds. The molecule has 3 nitrogen and oxygen atoms in total. The molecule has 0 spiro atoms. The van der Waals surface area contributed by atoms with Crippen LogP contribution in [-0.4, -0.2) is 24.4 Å². The lowest BCUT2D eigenvalue weighted by Gasteiger charge is -2.17. The van der Waals surface area contributed by atoms with E-state index in [1.165, 1.54) is 0 Å². The van der Waals surface area contributed by atoms with Gasteiger partial charge in [0.1, 0.15) is 0 Å². The maximum Gasteiger partial charge on any atom is 0.253 e. The molecular weight excluding hydrogens is 268 g/mol. The summed E-state index contributed by atoms with van der Waals surface area (Å²) in [5.41, 5.74) is 7.77. The second-order valence-corrected chi connectivity index (χ2v) is 4.81. The summed E-state index contributed by atoms with van der Waals surface area (Å²) in [6.45, 7) is 6.21. The smallest absolute Gasteiger partial charge is 0.253 e. The van der Waals surface area contributed by atoms with Crippen LogP contribution >= 0.6 is 15.9 Å². The van der Waals surface area contributed by atoms with Crippen molar-refractivity contribution in [3.8, 4) is 0 Å². The van der Waals surface area contributed by atoms with Crippen molar-refractivity contribution in [2.45, 2.75) is 6.92 Å². The summed E-state index contributed by atoms with van der Waals surface area (Å²) in [5, 5.41) is 0. The first kappa shape index (κ1) is 12.8. The summed E-state index contributed by atoms with van der Waals surface area (Å²) in [6, 6.07) is 5.19. The van der Waals surface area contributed by atoms with Crippen LogP contribution in [0.1, 0.15) is 17.3 Å². The predicted octanol–water partition coefficient (Wildman–Crippen LogP) is 2.68. The molecule has 1 aromatic rings. The van der Waals surface area contributed by atoms with Crippen molar-refractivity contribution < 1.29 is 4.79 Å². The summed E-state index contributed by atoms with van der Waals surface area (Å²) in [5.74, 6) is -0.0593. The predicted molar refractivity (Wildman–Crippen MR) is 70.3 cm³/mol. The first-order chi connectivity index (χ1) is 7.40. The molecule has 0 aliphatic heterocycles. The van der Waals surface area contributed by atoms with Gasteiger partial charge in [-0.05, 0) is 25.1 Å². The molecule has 2 N–H and O–H groups in total. The fraction of sp³-hybridized carbons (Fsp3) is 0.250. The monoisotopic (exact) mass is 282 g/mol. The first-order valence-electron chi connectivity index (χ1n) is 4.86. The number of nitrogens with two attached hydrogens (primary N) is 1. The van der Waals surface area contributed by atoms with Crippen LogP contribution in [0.25, 0.3) is 0 Å². The molecule has 0 aliphatic carbocycles. The van der Waals surface area contributed by atoms with Crippen molar-refractivity contribution in [1.82, 2.24) is 4.90 Å². The van der Waals surface area contributed by atoms with Crippen LogP contribution in [0.4, 0.5) is 5.69 Å². The van der Waals surface area contributed by atoms with Crippen molar-refractivity contribution in [2.24, 2.45) is 0 Å². The van der Waals surface area contributed by atoms with Crippen LogP contribution < -0.4 is 5.73 Å². The zero-order valence-corrected chi connectivity index (χ0v) is 11.0. The number of halogens is 1. The molecule has 0 atom stereocenters. The zero-order valence-electron chi connectivity index (χ0n) is 9.46. The first-order valence-corrected chi connectivity index (χ1v) is 5.65. The number of likely N-dealkylation sites (N-methyl/N-ethyl adjacent to an activating group) is 1. The highest BCUT2D eigenvalue weighted by atomic mass is 79.9. The van der Waals surface area contributed by atoms with Gasteiger partial charge in [0.25, 0.3) is 5.91 Å². The Kier molecular flexibility index (Phi) is 4.12. The number of anilines is 1. The second-order valence-electron chi connectivity index (χ2n) is 3.89. The normalized spacial score (nSPS) is 9.94. The van der Waals surface area contributed by atoms with E-state index in [-0.39, 0.29) is 5.91 Å². The van der Waals surface area contributed by atoms with Crippen LogP contribution in [0.15, 0.2) is 34.8 Å². The van der Waals surface area contributed by atoms with E-state index in [0.29, 0.717) is 17.8 Å². The van der Waals surface area contributed by atoms with Crippen LogP contribution in [0, 0.1) is 0 Å². The van der Waals surface area contributed by atoms with E-state index in [9.17, 15) is 4.79 Å². The molecule has 0 fully saturated rings.